The Hall–Kier alpha value is -1.77. The molecule has 92 valence electrons. The highest BCUT2D eigenvalue weighted by Gasteiger charge is 1.94. The van der Waals surface area contributed by atoms with Crippen LogP contribution in [0.15, 0.2) is 30.3 Å². The highest BCUT2D eigenvalue weighted by atomic mass is 16.5. The molecule has 0 aromatic heterocycles. The van der Waals surface area contributed by atoms with E-state index < -0.39 is 5.97 Å². The normalized spacial score (nSPS) is 10.6. The first-order valence-corrected chi connectivity index (χ1v) is 5.75. The van der Waals surface area contributed by atoms with Crippen molar-refractivity contribution in [3.63, 3.8) is 0 Å². The third-order valence-corrected chi connectivity index (χ3v) is 2.44. The Morgan fingerprint density at radius 1 is 1.29 bits per heavy atom. The molecular weight excluding hydrogens is 216 g/mol. The van der Waals surface area contributed by atoms with Gasteiger partial charge in [-0.15, -0.1) is 0 Å². The van der Waals surface area contributed by atoms with Crippen LogP contribution in [0.1, 0.15) is 31.2 Å². The molecule has 3 nitrogen and oxygen atoms in total. The zero-order valence-electron chi connectivity index (χ0n) is 10.1. The first kappa shape index (κ1) is 13.3. The molecule has 0 bridgehead atoms. The molecule has 0 aliphatic carbocycles. The number of hydrogen-bond donors (Lipinski definition) is 1. The second-order valence-corrected chi connectivity index (χ2v) is 3.82. The van der Waals surface area contributed by atoms with Gasteiger partial charge >= 0.3 is 5.97 Å². The minimum absolute atomic E-state index is 0.260. The molecule has 1 rings (SSSR count). The summed E-state index contributed by atoms with van der Waals surface area (Å²) in [5.74, 6) is 0.132. The molecule has 0 spiro atoms. The number of ether oxygens (including phenoxy) is 1. The number of unbranched alkanes of at least 4 members (excludes halogenated alkanes) is 2. The molecule has 0 aliphatic rings. The lowest BCUT2D eigenvalue weighted by molar-refractivity contribution is -0.137. The van der Waals surface area contributed by atoms with E-state index in [0.717, 1.165) is 30.6 Å². The van der Waals surface area contributed by atoms with Crippen LogP contribution < -0.4 is 4.74 Å². The van der Waals surface area contributed by atoms with E-state index in [1.165, 1.54) is 0 Å². The summed E-state index contributed by atoms with van der Waals surface area (Å²) in [6.07, 6.45) is 6.95. The van der Waals surface area contributed by atoms with Crippen LogP contribution in [0.2, 0.25) is 0 Å². The standard InChI is InChI=1S/C14H18O3/c1-17-13-10-8-12(9-11-13)6-4-2-3-5-7-14(15)16/h4,6,8-11H,2-3,5,7H2,1H3,(H,15,16)/b6-4+. The van der Waals surface area contributed by atoms with E-state index in [1.807, 2.05) is 30.3 Å². The van der Waals surface area contributed by atoms with E-state index in [9.17, 15) is 4.79 Å². The van der Waals surface area contributed by atoms with Gasteiger partial charge in [0.05, 0.1) is 7.11 Å². The molecule has 0 heterocycles. The van der Waals surface area contributed by atoms with Crippen LogP contribution in [0.3, 0.4) is 0 Å². The number of hydrogen-bond acceptors (Lipinski definition) is 2. The van der Waals surface area contributed by atoms with Crippen molar-refractivity contribution in [1.29, 1.82) is 0 Å². The van der Waals surface area contributed by atoms with Crippen molar-refractivity contribution >= 4 is 12.0 Å². The fourth-order valence-electron chi connectivity index (χ4n) is 1.47. The molecular formula is C14H18O3. The average molecular weight is 234 g/mol. The number of rotatable bonds is 7. The van der Waals surface area contributed by atoms with Crippen LogP contribution in [0.4, 0.5) is 0 Å². The minimum Gasteiger partial charge on any atom is -0.497 e. The highest BCUT2D eigenvalue weighted by Crippen LogP contribution is 2.12. The van der Waals surface area contributed by atoms with Crippen LogP contribution in [0.25, 0.3) is 6.08 Å². The first-order chi connectivity index (χ1) is 8.22. The van der Waals surface area contributed by atoms with E-state index >= 15 is 0 Å². The molecule has 3 heteroatoms. The van der Waals surface area contributed by atoms with Crippen molar-refractivity contribution in [2.24, 2.45) is 0 Å². The van der Waals surface area contributed by atoms with Gasteiger partial charge in [-0.1, -0.05) is 24.3 Å². The molecule has 0 unspecified atom stereocenters. The van der Waals surface area contributed by atoms with Crippen molar-refractivity contribution in [2.45, 2.75) is 25.7 Å². The number of carbonyl (C=O) groups is 1. The molecule has 1 N–H and O–H groups in total. The lowest BCUT2D eigenvalue weighted by atomic mass is 10.1. The van der Waals surface area contributed by atoms with Crippen molar-refractivity contribution in [1.82, 2.24) is 0 Å². The fourth-order valence-corrected chi connectivity index (χ4v) is 1.47. The van der Waals surface area contributed by atoms with E-state index in [0.29, 0.717) is 0 Å². The minimum atomic E-state index is -0.718. The van der Waals surface area contributed by atoms with Gasteiger partial charge in [0.2, 0.25) is 0 Å². The summed E-state index contributed by atoms with van der Waals surface area (Å²) >= 11 is 0. The van der Waals surface area contributed by atoms with Gasteiger partial charge in [-0.3, -0.25) is 4.79 Å². The van der Waals surface area contributed by atoms with Crippen molar-refractivity contribution in [2.75, 3.05) is 7.11 Å². The van der Waals surface area contributed by atoms with Gasteiger partial charge in [0.1, 0.15) is 5.75 Å². The quantitative estimate of drug-likeness (QED) is 0.736. The van der Waals surface area contributed by atoms with Gasteiger partial charge in [-0.2, -0.15) is 0 Å². The Balaban J connectivity index is 2.25. The third kappa shape index (κ3) is 5.76. The molecule has 0 saturated carbocycles. The Morgan fingerprint density at radius 2 is 2.00 bits per heavy atom. The van der Waals surface area contributed by atoms with Gasteiger partial charge in [0.15, 0.2) is 0 Å². The Bertz CT molecular complexity index is 366. The number of carboxylic acids is 1. The van der Waals surface area contributed by atoms with Crippen molar-refractivity contribution in [3.8, 4) is 5.75 Å². The number of benzene rings is 1. The van der Waals surface area contributed by atoms with Crippen molar-refractivity contribution in [3.05, 3.63) is 35.9 Å². The van der Waals surface area contributed by atoms with Gasteiger partial charge in [-0.25, -0.2) is 0 Å². The van der Waals surface area contributed by atoms with Crippen LogP contribution in [0, 0.1) is 0 Å². The van der Waals surface area contributed by atoms with Crippen LogP contribution >= 0.6 is 0 Å². The van der Waals surface area contributed by atoms with Crippen LogP contribution in [-0.2, 0) is 4.79 Å². The highest BCUT2D eigenvalue weighted by molar-refractivity contribution is 5.66. The summed E-state index contributed by atoms with van der Waals surface area (Å²) in [4.78, 5) is 10.3. The molecule has 0 saturated heterocycles. The maximum atomic E-state index is 10.3. The second-order valence-electron chi connectivity index (χ2n) is 3.82. The van der Waals surface area contributed by atoms with Crippen LogP contribution in [0.5, 0.6) is 5.75 Å². The third-order valence-electron chi connectivity index (χ3n) is 2.44. The Morgan fingerprint density at radius 3 is 2.59 bits per heavy atom. The largest absolute Gasteiger partial charge is 0.497 e. The second kappa shape index (κ2) is 7.49. The molecule has 0 aliphatic heterocycles. The van der Waals surface area contributed by atoms with Gasteiger partial charge in [0, 0.05) is 6.42 Å². The Kier molecular flexibility index (Phi) is 5.86. The number of aliphatic carboxylic acids is 1. The van der Waals surface area contributed by atoms with E-state index in [4.69, 9.17) is 9.84 Å². The average Bonchev–Trinajstić information content (AvgIpc) is 2.34. The summed E-state index contributed by atoms with van der Waals surface area (Å²) in [5, 5.41) is 8.47. The Labute approximate surface area is 102 Å². The summed E-state index contributed by atoms with van der Waals surface area (Å²) < 4.78 is 5.07. The zero-order valence-corrected chi connectivity index (χ0v) is 10.1. The van der Waals surface area contributed by atoms with Gasteiger partial charge < -0.3 is 9.84 Å². The van der Waals surface area contributed by atoms with Gasteiger partial charge in [-0.05, 0) is 37.0 Å². The smallest absolute Gasteiger partial charge is 0.303 e. The fraction of sp³-hybridized carbons (Fsp3) is 0.357. The monoisotopic (exact) mass is 234 g/mol. The molecule has 1 aromatic carbocycles. The van der Waals surface area contributed by atoms with E-state index in [-0.39, 0.29) is 6.42 Å². The summed E-state index contributed by atoms with van der Waals surface area (Å²) in [6, 6.07) is 7.83. The van der Waals surface area contributed by atoms with Crippen LogP contribution in [-0.4, -0.2) is 18.2 Å². The molecule has 17 heavy (non-hydrogen) atoms. The number of methoxy groups -OCH3 is 1. The molecule has 1 aromatic rings. The summed E-state index contributed by atoms with van der Waals surface area (Å²) in [7, 11) is 1.65. The number of carboxylic acid groups (broad SMARTS) is 1. The molecule has 0 fully saturated rings. The SMILES string of the molecule is COc1ccc(/C=C/CCCCC(=O)O)cc1. The number of allylic oxidation sites excluding steroid dienone is 1. The summed E-state index contributed by atoms with van der Waals surface area (Å²) in [6.45, 7) is 0. The summed E-state index contributed by atoms with van der Waals surface area (Å²) in [5.41, 5.74) is 1.13. The maximum Gasteiger partial charge on any atom is 0.303 e. The lowest BCUT2D eigenvalue weighted by Gasteiger charge is -1.99. The van der Waals surface area contributed by atoms with Gasteiger partial charge in [0.25, 0.3) is 0 Å². The van der Waals surface area contributed by atoms with Crippen molar-refractivity contribution < 1.29 is 14.6 Å². The zero-order chi connectivity index (χ0) is 12.5. The molecule has 0 amide bonds. The molecule has 0 atom stereocenters. The van der Waals surface area contributed by atoms with E-state index in [2.05, 4.69) is 6.08 Å². The predicted octanol–water partition coefficient (Wildman–Crippen LogP) is 3.35. The topological polar surface area (TPSA) is 46.5 Å². The maximum absolute atomic E-state index is 10.3. The predicted molar refractivity (Wildman–Crippen MR) is 68.1 cm³/mol. The van der Waals surface area contributed by atoms with E-state index in [1.54, 1.807) is 7.11 Å². The first-order valence-electron chi connectivity index (χ1n) is 5.75. The lowest BCUT2D eigenvalue weighted by Crippen LogP contribution is -1.92. The molecule has 0 radical (unpaired) electrons.